The minimum absolute atomic E-state index is 0.0296. The fourth-order valence-corrected chi connectivity index (χ4v) is 1.56. The Hall–Kier alpha value is -0.610. The van der Waals surface area contributed by atoms with Crippen molar-refractivity contribution in [1.82, 2.24) is 10.6 Å². The molecule has 0 aromatic rings. The van der Waals surface area contributed by atoms with Gasteiger partial charge in [-0.05, 0) is 33.2 Å². The Morgan fingerprint density at radius 2 is 2.43 bits per heavy atom. The highest BCUT2D eigenvalue weighted by Crippen LogP contribution is 2.04. The fraction of sp³-hybridized carbons (Fsp3) is 0.900. The van der Waals surface area contributed by atoms with E-state index in [0.717, 1.165) is 13.0 Å². The molecular weight excluding hydrogens is 180 g/mol. The molecular formula is C10H20N2O2. The monoisotopic (exact) mass is 200 g/mol. The van der Waals surface area contributed by atoms with Crippen LogP contribution in [0.3, 0.4) is 0 Å². The first-order chi connectivity index (χ1) is 6.68. The van der Waals surface area contributed by atoms with E-state index in [1.165, 1.54) is 6.42 Å². The van der Waals surface area contributed by atoms with Gasteiger partial charge in [0.15, 0.2) is 0 Å². The summed E-state index contributed by atoms with van der Waals surface area (Å²) in [6.45, 7) is 5.78. The summed E-state index contributed by atoms with van der Waals surface area (Å²) < 4.78 is 5.31. The Kier molecular flexibility index (Phi) is 4.90. The van der Waals surface area contributed by atoms with Gasteiger partial charge in [0.25, 0.3) is 0 Å². The van der Waals surface area contributed by atoms with E-state index in [1.807, 2.05) is 13.8 Å². The van der Waals surface area contributed by atoms with Gasteiger partial charge in [-0.2, -0.15) is 0 Å². The molecule has 0 aromatic carbocycles. The van der Waals surface area contributed by atoms with Crippen molar-refractivity contribution >= 4 is 5.91 Å². The topological polar surface area (TPSA) is 50.4 Å². The average Bonchev–Trinajstić information content (AvgIpc) is 2.55. The molecule has 0 aliphatic carbocycles. The second-order valence-corrected chi connectivity index (χ2v) is 4.03. The standard InChI is InChI=1S/C10H20N2O2/c1-8(2)12-10(13)7-14-6-9-4-3-5-11-9/h8-9,11H,3-7H2,1-2H3,(H,12,13). The van der Waals surface area contributed by atoms with Crippen molar-refractivity contribution in [3.8, 4) is 0 Å². The van der Waals surface area contributed by atoms with Crippen LogP contribution in [-0.4, -0.2) is 37.7 Å². The van der Waals surface area contributed by atoms with E-state index in [4.69, 9.17) is 4.74 Å². The molecule has 1 heterocycles. The van der Waals surface area contributed by atoms with E-state index in [2.05, 4.69) is 10.6 Å². The van der Waals surface area contributed by atoms with Crippen molar-refractivity contribution in [2.75, 3.05) is 19.8 Å². The molecule has 2 N–H and O–H groups in total. The molecule has 1 unspecified atom stereocenters. The van der Waals surface area contributed by atoms with Crippen LogP contribution in [0.1, 0.15) is 26.7 Å². The van der Waals surface area contributed by atoms with Gasteiger partial charge in [0, 0.05) is 12.1 Å². The molecule has 0 bridgehead atoms. The van der Waals surface area contributed by atoms with Crippen molar-refractivity contribution in [3.63, 3.8) is 0 Å². The Labute approximate surface area is 85.4 Å². The van der Waals surface area contributed by atoms with Gasteiger partial charge in [-0.1, -0.05) is 0 Å². The lowest BCUT2D eigenvalue weighted by atomic mass is 10.2. The molecule has 1 aliphatic heterocycles. The van der Waals surface area contributed by atoms with Crippen molar-refractivity contribution in [1.29, 1.82) is 0 Å². The third-order valence-electron chi connectivity index (χ3n) is 2.16. The minimum Gasteiger partial charge on any atom is -0.370 e. The quantitative estimate of drug-likeness (QED) is 0.670. The summed E-state index contributed by atoms with van der Waals surface area (Å²) in [6, 6.07) is 0.637. The van der Waals surface area contributed by atoms with Crippen molar-refractivity contribution in [3.05, 3.63) is 0 Å². The van der Waals surface area contributed by atoms with Crippen LogP contribution in [0.25, 0.3) is 0 Å². The summed E-state index contributed by atoms with van der Waals surface area (Å²) in [7, 11) is 0. The summed E-state index contributed by atoms with van der Waals surface area (Å²) in [5.41, 5.74) is 0. The molecule has 0 aromatic heterocycles. The van der Waals surface area contributed by atoms with Crippen LogP contribution in [0.15, 0.2) is 0 Å². The third kappa shape index (κ3) is 4.58. The summed E-state index contributed by atoms with van der Waals surface area (Å²) in [4.78, 5) is 11.2. The Morgan fingerprint density at radius 1 is 1.64 bits per heavy atom. The SMILES string of the molecule is CC(C)NC(=O)COCC1CCCN1. The number of nitrogens with one attached hydrogen (secondary N) is 2. The van der Waals surface area contributed by atoms with Gasteiger partial charge in [-0.15, -0.1) is 0 Å². The second kappa shape index (κ2) is 5.98. The first kappa shape index (κ1) is 11.5. The first-order valence-electron chi connectivity index (χ1n) is 5.29. The molecule has 0 saturated carbocycles. The van der Waals surface area contributed by atoms with Crippen LogP contribution in [0.4, 0.5) is 0 Å². The van der Waals surface area contributed by atoms with E-state index >= 15 is 0 Å². The van der Waals surface area contributed by atoms with E-state index in [0.29, 0.717) is 12.6 Å². The van der Waals surface area contributed by atoms with E-state index in [9.17, 15) is 4.79 Å². The zero-order chi connectivity index (χ0) is 10.4. The highest BCUT2D eigenvalue weighted by Gasteiger charge is 2.14. The lowest BCUT2D eigenvalue weighted by Gasteiger charge is -2.12. The molecule has 1 rings (SSSR count). The molecule has 1 fully saturated rings. The molecule has 1 amide bonds. The summed E-state index contributed by atoms with van der Waals surface area (Å²) in [6.07, 6.45) is 2.37. The highest BCUT2D eigenvalue weighted by molar-refractivity contribution is 5.77. The number of carbonyl (C=O) groups is 1. The maximum absolute atomic E-state index is 11.2. The van der Waals surface area contributed by atoms with Gasteiger partial charge in [0.2, 0.25) is 5.91 Å². The predicted molar refractivity (Wildman–Crippen MR) is 55.1 cm³/mol. The fourth-order valence-electron chi connectivity index (χ4n) is 1.56. The van der Waals surface area contributed by atoms with Gasteiger partial charge in [-0.3, -0.25) is 4.79 Å². The largest absolute Gasteiger partial charge is 0.370 e. The van der Waals surface area contributed by atoms with Crippen LogP contribution < -0.4 is 10.6 Å². The zero-order valence-electron chi connectivity index (χ0n) is 9.01. The molecule has 1 saturated heterocycles. The highest BCUT2D eigenvalue weighted by atomic mass is 16.5. The molecule has 4 nitrogen and oxygen atoms in total. The molecule has 0 radical (unpaired) electrons. The van der Waals surface area contributed by atoms with E-state index in [-0.39, 0.29) is 18.6 Å². The minimum atomic E-state index is -0.0296. The second-order valence-electron chi connectivity index (χ2n) is 4.03. The smallest absolute Gasteiger partial charge is 0.246 e. The third-order valence-corrected chi connectivity index (χ3v) is 2.16. The summed E-state index contributed by atoms with van der Waals surface area (Å²) in [5, 5.41) is 6.10. The van der Waals surface area contributed by atoms with Gasteiger partial charge >= 0.3 is 0 Å². The lowest BCUT2D eigenvalue weighted by Crippen LogP contribution is -2.35. The number of hydrogen-bond donors (Lipinski definition) is 2. The van der Waals surface area contributed by atoms with E-state index in [1.54, 1.807) is 0 Å². The molecule has 14 heavy (non-hydrogen) atoms. The van der Waals surface area contributed by atoms with Gasteiger partial charge < -0.3 is 15.4 Å². The number of rotatable bonds is 5. The van der Waals surface area contributed by atoms with Crippen LogP contribution in [-0.2, 0) is 9.53 Å². The van der Waals surface area contributed by atoms with Gasteiger partial charge in [0.1, 0.15) is 6.61 Å². The number of amides is 1. The average molecular weight is 200 g/mol. The Morgan fingerprint density at radius 3 is 3.00 bits per heavy atom. The Balaban J connectivity index is 1.99. The van der Waals surface area contributed by atoms with Crippen LogP contribution in [0, 0.1) is 0 Å². The van der Waals surface area contributed by atoms with Crippen molar-refractivity contribution < 1.29 is 9.53 Å². The molecule has 4 heteroatoms. The van der Waals surface area contributed by atoms with Crippen LogP contribution in [0.5, 0.6) is 0 Å². The summed E-state index contributed by atoms with van der Waals surface area (Å²) >= 11 is 0. The number of carbonyl (C=O) groups excluding carboxylic acids is 1. The molecule has 82 valence electrons. The molecule has 1 aliphatic rings. The molecule has 0 spiro atoms. The molecule has 1 atom stereocenters. The van der Waals surface area contributed by atoms with Gasteiger partial charge in [0.05, 0.1) is 6.61 Å². The van der Waals surface area contributed by atoms with E-state index < -0.39 is 0 Å². The zero-order valence-corrected chi connectivity index (χ0v) is 9.01. The van der Waals surface area contributed by atoms with Crippen molar-refractivity contribution in [2.24, 2.45) is 0 Å². The normalized spacial score (nSPS) is 21.5. The van der Waals surface area contributed by atoms with Gasteiger partial charge in [-0.25, -0.2) is 0 Å². The summed E-state index contributed by atoms with van der Waals surface area (Å²) in [5.74, 6) is -0.0296. The Bertz CT molecular complexity index is 177. The predicted octanol–water partition coefficient (Wildman–Crippen LogP) is 0.280. The maximum Gasteiger partial charge on any atom is 0.246 e. The number of hydrogen-bond acceptors (Lipinski definition) is 3. The van der Waals surface area contributed by atoms with Crippen LogP contribution >= 0.6 is 0 Å². The lowest BCUT2D eigenvalue weighted by molar-refractivity contribution is -0.126. The number of ether oxygens (including phenoxy) is 1. The first-order valence-corrected chi connectivity index (χ1v) is 5.29. The van der Waals surface area contributed by atoms with Crippen LogP contribution in [0.2, 0.25) is 0 Å². The van der Waals surface area contributed by atoms with Crippen molar-refractivity contribution in [2.45, 2.75) is 38.8 Å². The maximum atomic E-state index is 11.2.